The Morgan fingerprint density at radius 2 is 2.05 bits per heavy atom. The molecule has 0 radical (unpaired) electrons. The quantitative estimate of drug-likeness (QED) is 0.766. The Morgan fingerprint density at radius 1 is 1.36 bits per heavy atom. The van der Waals surface area contributed by atoms with Gasteiger partial charge in [0.05, 0.1) is 0 Å². The lowest BCUT2D eigenvalue weighted by molar-refractivity contribution is 0.00993. The highest BCUT2D eigenvalue weighted by Crippen LogP contribution is 2.19. The van der Waals surface area contributed by atoms with Gasteiger partial charge in [-0.1, -0.05) is 0 Å². The van der Waals surface area contributed by atoms with Crippen LogP contribution in [0, 0.1) is 0 Å². The molecule has 0 aromatic rings. The van der Waals surface area contributed by atoms with E-state index in [4.69, 9.17) is 4.74 Å². The predicted octanol–water partition coefficient (Wildman–Crippen LogP) is 2.71. The van der Waals surface area contributed by atoms with E-state index in [0.29, 0.717) is 6.04 Å². The van der Waals surface area contributed by atoms with Crippen LogP contribution in [0.5, 0.6) is 0 Å². The molecule has 130 valence electrons. The molecule has 1 saturated heterocycles. The van der Waals surface area contributed by atoms with E-state index in [2.05, 4.69) is 31.1 Å². The number of hydrogen-bond donors (Lipinski definition) is 1. The molecule has 0 bridgehead atoms. The second-order valence-electron chi connectivity index (χ2n) is 7.60. The third kappa shape index (κ3) is 6.97. The van der Waals surface area contributed by atoms with Crippen LogP contribution in [0.4, 0.5) is 4.79 Å². The first kappa shape index (κ1) is 19.2. The summed E-state index contributed by atoms with van der Waals surface area (Å²) in [6.45, 7) is 13.8. The van der Waals surface area contributed by atoms with Crippen molar-refractivity contribution in [3.8, 4) is 0 Å². The van der Waals surface area contributed by atoms with Gasteiger partial charge in [0.15, 0.2) is 0 Å². The zero-order chi connectivity index (χ0) is 16.8. The monoisotopic (exact) mass is 313 g/mol. The van der Waals surface area contributed by atoms with Crippen LogP contribution in [0.15, 0.2) is 0 Å². The van der Waals surface area contributed by atoms with Gasteiger partial charge in [-0.15, -0.1) is 0 Å². The SMILES string of the molecule is CC(C)N(C)CCNCC1CCCCN1C(=O)OC(C)(C)C. The van der Waals surface area contributed by atoms with Crippen molar-refractivity contribution in [1.82, 2.24) is 15.1 Å². The molecule has 1 heterocycles. The molecule has 1 fully saturated rings. The lowest BCUT2D eigenvalue weighted by Crippen LogP contribution is -2.50. The average molecular weight is 313 g/mol. The Labute approximate surface area is 136 Å². The molecule has 0 aromatic carbocycles. The maximum atomic E-state index is 12.3. The Hall–Kier alpha value is -0.810. The molecule has 1 N–H and O–H groups in total. The number of nitrogens with zero attached hydrogens (tertiary/aromatic N) is 2. The zero-order valence-corrected chi connectivity index (χ0v) is 15.3. The van der Waals surface area contributed by atoms with E-state index in [1.165, 1.54) is 6.42 Å². The van der Waals surface area contributed by atoms with Crippen LogP contribution in [0.1, 0.15) is 53.9 Å². The highest BCUT2D eigenvalue weighted by atomic mass is 16.6. The van der Waals surface area contributed by atoms with Crippen molar-refractivity contribution in [1.29, 1.82) is 0 Å². The fourth-order valence-corrected chi connectivity index (χ4v) is 2.56. The van der Waals surface area contributed by atoms with Gasteiger partial charge in [0, 0.05) is 38.3 Å². The van der Waals surface area contributed by atoms with Crippen LogP contribution in [-0.2, 0) is 4.74 Å². The predicted molar refractivity (Wildman–Crippen MR) is 91.2 cm³/mol. The van der Waals surface area contributed by atoms with Gasteiger partial charge in [-0.05, 0) is 60.9 Å². The van der Waals surface area contributed by atoms with Crippen molar-refractivity contribution in [2.75, 3.05) is 33.2 Å². The molecule has 1 rings (SSSR count). The topological polar surface area (TPSA) is 44.8 Å². The minimum absolute atomic E-state index is 0.168. The number of likely N-dealkylation sites (tertiary alicyclic amines) is 1. The number of nitrogens with one attached hydrogen (secondary N) is 1. The summed E-state index contributed by atoms with van der Waals surface area (Å²) in [5.74, 6) is 0. The number of ether oxygens (including phenoxy) is 1. The smallest absolute Gasteiger partial charge is 0.410 e. The highest BCUT2D eigenvalue weighted by molar-refractivity contribution is 5.68. The summed E-state index contributed by atoms with van der Waals surface area (Å²) in [7, 11) is 2.14. The van der Waals surface area contributed by atoms with Gasteiger partial charge in [0.2, 0.25) is 0 Å². The Balaban J connectivity index is 2.40. The molecule has 1 atom stereocenters. The van der Waals surface area contributed by atoms with Gasteiger partial charge < -0.3 is 19.9 Å². The molecule has 0 saturated carbocycles. The molecule has 1 aliphatic heterocycles. The third-order valence-electron chi connectivity index (χ3n) is 4.16. The molecule has 22 heavy (non-hydrogen) atoms. The summed E-state index contributed by atoms with van der Waals surface area (Å²) < 4.78 is 5.53. The van der Waals surface area contributed by atoms with E-state index in [-0.39, 0.29) is 12.1 Å². The van der Waals surface area contributed by atoms with Gasteiger partial charge in [0.25, 0.3) is 0 Å². The molecule has 1 unspecified atom stereocenters. The zero-order valence-electron chi connectivity index (χ0n) is 15.3. The first-order valence-corrected chi connectivity index (χ1v) is 8.61. The molecule has 0 spiro atoms. The van der Waals surface area contributed by atoms with Crippen molar-refractivity contribution in [2.45, 2.75) is 71.6 Å². The van der Waals surface area contributed by atoms with Crippen molar-refractivity contribution in [3.05, 3.63) is 0 Å². The van der Waals surface area contributed by atoms with Crippen molar-refractivity contribution >= 4 is 6.09 Å². The fraction of sp³-hybridized carbons (Fsp3) is 0.941. The summed E-state index contributed by atoms with van der Waals surface area (Å²) in [5.41, 5.74) is -0.424. The van der Waals surface area contributed by atoms with E-state index in [0.717, 1.165) is 39.0 Å². The van der Waals surface area contributed by atoms with Crippen LogP contribution >= 0.6 is 0 Å². The summed E-state index contributed by atoms with van der Waals surface area (Å²) in [6, 6.07) is 0.822. The molecule has 0 aliphatic carbocycles. The number of likely N-dealkylation sites (N-methyl/N-ethyl adjacent to an activating group) is 1. The molecule has 5 nitrogen and oxygen atoms in total. The van der Waals surface area contributed by atoms with E-state index in [1.807, 2.05) is 25.7 Å². The lowest BCUT2D eigenvalue weighted by Gasteiger charge is -2.37. The van der Waals surface area contributed by atoms with Crippen molar-refractivity contribution < 1.29 is 9.53 Å². The van der Waals surface area contributed by atoms with Crippen LogP contribution in [-0.4, -0.2) is 66.8 Å². The van der Waals surface area contributed by atoms with E-state index in [9.17, 15) is 4.79 Å². The highest BCUT2D eigenvalue weighted by Gasteiger charge is 2.30. The van der Waals surface area contributed by atoms with Gasteiger partial charge >= 0.3 is 6.09 Å². The second-order valence-corrected chi connectivity index (χ2v) is 7.60. The first-order chi connectivity index (χ1) is 10.2. The van der Waals surface area contributed by atoms with Gasteiger partial charge in [0.1, 0.15) is 5.60 Å². The van der Waals surface area contributed by atoms with Crippen LogP contribution < -0.4 is 5.32 Å². The number of carbonyl (C=O) groups is 1. The van der Waals surface area contributed by atoms with Crippen LogP contribution in [0.2, 0.25) is 0 Å². The summed E-state index contributed by atoms with van der Waals surface area (Å²) in [6.07, 6.45) is 3.16. The number of piperidine rings is 1. The maximum Gasteiger partial charge on any atom is 0.410 e. The van der Waals surface area contributed by atoms with Gasteiger partial charge in [-0.3, -0.25) is 0 Å². The third-order valence-corrected chi connectivity index (χ3v) is 4.16. The van der Waals surface area contributed by atoms with Crippen LogP contribution in [0.3, 0.4) is 0 Å². The minimum Gasteiger partial charge on any atom is -0.444 e. The Kier molecular flexibility index (Phi) is 7.63. The van der Waals surface area contributed by atoms with Crippen molar-refractivity contribution in [2.24, 2.45) is 0 Å². The minimum atomic E-state index is -0.424. The maximum absolute atomic E-state index is 12.3. The summed E-state index contributed by atoms with van der Waals surface area (Å²) >= 11 is 0. The molecule has 0 aromatic heterocycles. The summed E-state index contributed by atoms with van der Waals surface area (Å²) in [5, 5.41) is 3.50. The first-order valence-electron chi connectivity index (χ1n) is 8.61. The second kappa shape index (κ2) is 8.73. The average Bonchev–Trinajstić information content (AvgIpc) is 2.41. The number of hydrogen-bond acceptors (Lipinski definition) is 4. The number of rotatable bonds is 6. The normalized spacial score (nSPS) is 19.8. The van der Waals surface area contributed by atoms with Gasteiger partial charge in [-0.2, -0.15) is 0 Å². The van der Waals surface area contributed by atoms with Crippen LogP contribution in [0.25, 0.3) is 0 Å². The molecule has 1 aliphatic rings. The Bertz CT molecular complexity index is 339. The molecular weight excluding hydrogens is 278 g/mol. The summed E-state index contributed by atoms with van der Waals surface area (Å²) in [4.78, 5) is 16.6. The standard InChI is InChI=1S/C17H35N3O2/c1-14(2)19(6)12-10-18-13-15-9-7-8-11-20(15)16(21)22-17(3,4)5/h14-15,18H,7-13H2,1-6H3. The fourth-order valence-electron chi connectivity index (χ4n) is 2.56. The molecular formula is C17H35N3O2. The van der Waals surface area contributed by atoms with Crippen molar-refractivity contribution in [3.63, 3.8) is 0 Å². The lowest BCUT2D eigenvalue weighted by atomic mass is 10.0. The Morgan fingerprint density at radius 3 is 2.64 bits per heavy atom. The number of amides is 1. The van der Waals surface area contributed by atoms with Gasteiger partial charge in [-0.25, -0.2) is 4.79 Å². The van der Waals surface area contributed by atoms with E-state index < -0.39 is 5.60 Å². The van der Waals surface area contributed by atoms with E-state index >= 15 is 0 Å². The number of carbonyl (C=O) groups excluding carboxylic acids is 1. The largest absolute Gasteiger partial charge is 0.444 e. The molecule has 1 amide bonds. The molecule has 5 heteroatoms. The van der Waals surface area contributed by atoms with E-state index in [1.54, 1.807) is 0 Å².